The van der Waals surface area contributed by atoms with Crippen LogP contribution in [0.25, 0.3) is 0 Å². The minimum atomic E-state index is -0.726. The Balaban J connectivity index is 1.80. The summed E-state index contributed by atoms with van der Waals surface area (Å²) in [5.74, 6) is 0.875. The number of piperidine rings is 2. The predicted octanol–water partition coefficient (Wildman–Crippen LogP) is 2.85. The third-order valence-corrected chi connectivity index (χ3v) is 4.82. The van der Waals surface area contributed by atoms with Crippen LogP contribution in [0.3, 0.4) is 0 Å². The van der Waals surface area contributed by atoms with Gasteiger partial charge in [-0.25, -0.2) is 0 Å². The highest BCUT2D eigenvalue weighted by molar-refractivity contribution is 6.30. The zero-order valence-corrected chi connectivity index (χ0v) is 13.6. The first-order valence-corrected chi connectivity index (χ1v) is 8.52. The number of likely N-dealkylation sites (tertiary alicyclic amines) is 1. The molecule has 0 bridgehead atoms. The number of carbonyl (C=O) groups excluding carboxylic acids is 1. The van der Waals surface area contributed by atoms with Gasteiger partial charge in [0, 0.05) is 31.0 Å². The van der Waals surface area contributed by atoms with E-state index in [1.165, 1.54) is 6.42 Å². The maximum atomic E-state index is 13.1. The average Bonchev–Trinajstić information content (AvgIpc) is 2.58. The lowest BCUT2D eigenvalue weighted by Gasteiger charge is -2.41. The summed E-state index contributed by atoms with van der Waals surface area (Å²) >= 11 is 5.93. The molecule has 0 aliphatic carbocycles. The van der Waals surface area contributed by atoms with Crippen molar-refractivity contribution < 1.29 is 9.53 Å². The van der Waals surface area contributed by atoms with E-state index in [4.69, 9.17) is 16.3 Å². The first-order chi connectivity index (χ1) is 10.7. The molecular weight excluding hydrogens is 300 g/mol. The van der Waals surface area contributed by atoms with Crippen LogP contribution in [0.1, 0.15) is 32.1 Å². The fourth-order valence-corrected chi connectivity index (χ4v) is 3.43. The number of hydrogen-bond donors (Lipinski definition) is 1. The zero-order chi connectivity index (χ0) is 15.4. The lowest BCUT2D eigenvalue weighted by molar-refractivity contribution is -0.151. The molecule has 1 aromatic carbocycles. The second-order valence-electron chi connectivity index (χ2n) is 6.15. The summed E-state index contributed by atoms with van der Waals surface area (Å²) in [6, 6.07) is 7.29. The number of benzene rings is 1. The molecule has 0 unspecified atom stereocenters. The highest BCUT2D eigenvalue weighted by Crippen LogP contribution is 2.30. The second kappa shape index (κ2) is 6.88. The van der Waals surface area contributed by atoms with E-state index in [1.807, 2.05) is 17.0 Å². The predicted molar refractivity (Wildman–Crippen MR) is 87.3 cm³/mol. The standard InChI is InChI=1S/C17H23ClN2O2/c18-14-4-6-15(7-5-14)22-17(8-10-19-11-9-17)16(21)20-12-2-1-3-13-20/h4-7,19H,1-3,8-13H2. The van der Waals surface area contributed by atoms with Crippen molar-refractivity contribution in [2.45, 2.75) is 37.7 Å². The SMILES string of the molecule is O=C(N1CCCCC1)C1(Oc2ccc(Cl)cc2)CCNCC1. The van der Waals surface area contributed by atoms with Gasteiger partial charge in [0.15, 0.2) is 5.60 Å². The molecule has 2 aliphatic heterocycles. The molecule has 1 aromatic rings. The van der Waals surface area contributed by atoms with Gasteiger partial charge in [0.05, 0.1) is 0 Å². The quantitative estimate of drug-likeness (QED) is 0.930. The minimum absolute atomic E-state index is 0.156. The largest absolute Gasteiger partial charge is 0.477 e. The van der Waals surface area contributed by atoms with E-state index in [-0.39, 0.29) is 5.91 Å². The van der Waals surface area contributed by atoms with Crippen molar-refractivity contribution in [2.75, 3.05) is 26.2 Å². The van der Waals surface area contributed by atoms with E-state index >= 15 is 0 Å². The molecule has 2 aliphatic rings. The van der Waals surface area contributed by atoms with Crippen LogP contribution in [-0.4, -0.2) is 42.6 Å². The fraction of sp³-hybridized carbons (Fsp3) is 0.588. The van der Waals surface area contributed by atoms with Gasteiger partial charge in [0.2, 0.25) is 0 Å². The highest BCUT2D eigenvalue weighted by Gasteiger charge is 2.44. The van der Waals surface area contributed by atoms with E-state index in [0.717, 1.165) is 44.8 Å². The summed E-state index contributed by atoms with van der Waals surface area (Å²) in [4.78, 5) is 15.1. The van der Waals surface area contributed by atoms with Crippen molar-refractivity contribution >= 4 is 17.5 Å². The summed E-state index contributed by atoms with van der Waals surface area (Å²) in [6.45, 7) is 3.34. The van der Waals surface area contributed by atoms with Gasteiger partial charge in [-0.05, 0) is 56.6 Å². The van der Waals surface area contributed by atoms with Crippen molar-refractivity contribution in [1.29, 1.82) is 0 Å². The number of carbonyl (C=O) groups is 1. The van der Waals surface area contributed by atoms with Gasteiger partial charge in [0.1, 0.15) is 5.75 Å². The van der Waals surface area contributed by atoms with Gasteiger partial charge in [-0.2, -0.15) is 0 Å². The Kier molecular flexibility index (Phi) is 4.89. The molecule has 0 aromatic heterocycles. The molecule has 4 nitrogen and oxygen atoms in total. The summed E-state index contributed by atoms with van der Waals surface area (Å²) in [5, 5.41) is 4.00. The van der Waals surface area contributed by atoms with Crippen molar-refractivity contribution in [1.82, 2.24) is 10.2 Å². The third kappa shape index (κ3) is 3.39. The van der Waals surface area contributed by atoms with E-state index in [9.17, 15) is 4.79 Å². The normalized spacial score (nSPS) is 21.4. The van der Waals surface area contributed by atoms with Gasteiger partial charge >= 0.3 is 0 Å². The monoisotopic (exact) mass is 322 g/mol. The molecule has 0 radical (unpaired) electrons. The van der Waals surface area contributed by atoms with Crippen LogP contribution in [0.2, 0.25) is 5.02 Å². The molecule has 0 saturated carbocycles. The van der Waals surface area contributed by atoms with Crippen molar-refractivity contribution in [3.05, 3.63) is 29.3 Å². The number of halogens is 1. The summed E-state index contributed by atoms with van der Waals surface area (Å²) < 4.78 is 6.22. The fourth-order valence-electron chi connectivity index (χ4n) is 3.30. The molecular formula is C17H23ClN2O2. The number of nitrogens with zero attached hydrogens (tertiary/aromatic N) is 1. The molecule has 2 saturated heterocycles. The maximum Gasteiger partial charge on any atom is 0.266 e. The molecule has 3 rings (SSSR count). The van der Waals surface area contributed by atoms with Crippen LogP contribution in [0.4, 0.5) is 0 Å². The highest BCUT2D eigenvalue weighted by atomic mass is 35.5. The molecule has 22 heavy (non-hydrogen) atoms. The van der Waals surface area contributed by atoms with Crippen molar-refractivity contribution in [2.24, 2.45) is 0 Å². The van der Waals surface area contributed by atoms with Crippen LogP contribution in [0, 0.1) is 0 Å². The first-order valence-electron chi connectivity index (χ1n) is 8.14. The van der Waals surface area contributed by atoms with Crippen molar-refractivity contribution in [3.63, 3.8) is 0 Å². The van der Waals surface area contributed by atoms with Crippen LogP contribution in [-0.2, 0) is 4.79 Å². The molecule has 2 fully saturated rings. The number of hydrogen-bond acceptors (Lipinski definition) is 3. The minimum Gasteiger partial charge on any atom is -0.477 e. The third-order valence-electron chi connectivity index (χ3n) is 4.57. The molecule has 120 valence electrons. The van der Waals surface area contributed by atoms with Crippen molar-refractivity contribution in [3.8, 4) is 5.75 Å². The number of rotatable bonds is 3. The van der Waals surface area contributed by atoms with Crippen LogP contribution in [0.15, 0.2) is 24.3 Å². The Hall–Kier alpha value is -1.26. The van der Waals surface area contributed by atoms with Gasteiger partial charge < -0.3 is 15.0 Å². The Morgan fingerprint density at radius 1 is 1.09 bits per heavy atom. The van der Waals surface area contributed by atoms with Crippen LogP contribution >= 0.6 is 11.6 Å². The molecule has 0 atom stereocenters. The van der Waals surface area contributed by atoms with Crippen LogP contribution < -0.4 is 10.1 Å². The number of ether oxygens (including phenoxy) is 1. The Morgan fingerprint density at radius 2 is 1.73 bits per heavy atom. The Bertz CT molecular complexity index is 506. The average molecular weight is 323 g/mol. The smallest absolute Gasteiger partial charge is 0.266 e. The second-order valence-corrected chi connectivity index (χ2v) is 6.59. The van der Waals surface area contributed by atoms with Gasteiger partial charge in [-0.1, -0.05) is 11.6 Å². The lowest BCUT2D eigenvalue weighted by Crippen LogP contribution is -2.58. The van der Waals surface area contributed by atoms with E-state index < -0.39 is 5.60 Å². The maximum absolute atomic E-state index is 13.1. The Morgan fingerprint density at radius 3 is 2.36 bits per heavy atom. The van der Waals surface area contributed by atoms with E-state index in [0.29, 0.717) is 17.9 Å². The molecule has 1 N–H and O–H groups in total. The molecule has 5 heteroatoms. The van der Waals surface area contributed by atoms with Gasteiger partial charge in [0.25, 0.3) is 5.91 Å². The zero-order valence-electron chi connectivity index (χ0n) is 12.8. The Labute approximate surface area is 136 Å². The first kappa shape index (κ1) is 15.6. The van der Waals surface area contributed by atoms with E-state index in [2.05, 4.69) is 5.32 Å². The topological polar surface area (TPSA) is 41.6 Å². The summed E-state index contributed by atoms with van der Waals surface area (Å²) in [7, 11) is 0. The summed E-state index contributed by atoms with van der Waals surface area (Å²) in [6.07, 6.45) is 4.84. The lowest BCUT2D eigenvalue weighted by atomic mass is 9.89. The molecule has 1 amide bonds. The number of nitrogens with one attached hydrogen (secondary N) is 1. The van der Waals surface area contributed by atoms with Gasteiger partial charge in [-0.15, -0.1) is 0 Å². The molecule has 2 heterocycles. The van der Waals surface area contributed by atoms with E-state index in [1.54, 1.807) is 12.1 Å². The number of amides is 1. The summed E-state index contributed by atoms with van der Waals surface area (Å²) in [5.41, 5.74) is -0.726. The van der Waals surface area contributed by atoms with Crippen LogP contribution in [0.5, 0.6) is 5.75 Å². The molecule has 0 spiro atoms. The van der Waals surface area contributed by atoms with Gasteiger partial charge in [-0.3, -0.25) is 4.79 Å².